The number of benzene rings is 1. The zero-order chi connectivity index (χ0) is 16.3. The molecule has 0 bridgehead atoms. The second-order valence-corrected chi connectivity index (χ2v) is 7.13. The molecule has 22 heavy (non-hydrogen) atoms. The maximum absolute atomic E-state index is 11.7. The first-order valence-corrected chi connectivity index (χ1v) is 8.43. The van der Waals surface area contributed by atoms with Crippen molar-refractivity contribution >= 4 is 27.2 Å². The van der Waals surface area contributed by atoms with Gasteiger partial charge in [-0.05, 0) is 25.5 Å². The molecule has 9 heteroatoms. The summed E-state index contributed by atoms with van der Waals surface area (Å²) in [5, 5.41) is 13.9. The maximum Gasteiger partial charge on any atom is 0.293 e. The SMILES string of the molecule is CC(=O)c1ccc(NCCN2CCCS2(=O)=O)c([N+](=O)[O-])c1. The van der Waals surface area contributed by atoms with Gasteiger partial charge in [-0.3, -0.25) is 14.9 Å². The first kappa shape index (κ1) is 16.4. The summed E-state index contributed by atoms with van der Waals surface area (Å²) in [5.41, 5.74) is 0.336. The van der Waals surface area contributed by atoms with Crippen molar-refractivity contribution in [2.24, 2.45) is 0 Å². The molecule has 0 atom stereocenters. The highest BCUT2D eigenvalue weighted by Crippen LogP contribution is 2.25. The fourth-order valence-corrected chi connectivity index (χ4v) is 3.84. The molecule has 1 aliphatic rings. The van der Waals surface area contributed by atoms with Crippen LogP contribution in [0.25, 0.3) is 0 Å². The first-order chi connectivity index (χ1) is 10.3. The van der Waals surface area contributed by atoms with Gasteiger partial charge >= 0.3 is 0 Å². The Morgan fingerprint density at radius 2 is 2.18 bits per heavy atom. The molecule has 1 fully saturated rings. The number of carbonyl (C=O) groups is 1. The molecule has 0 aromatic heterocycles. The van der Waals surface area contributed by atoms with Gasteiger partial charge in [-0.15, -0.1) is 0 Å². The van der Waals surface area contributed by atoms with Gasteiger partial charge in [0, 0.05) is 31.3 Å². The van der Waals surface area contributed by atoms with E-state index in [4.69, 9.17) is 0 Å². The number of rotatable bonds is 6. The number of nitro groups is 1. The average molecular weight is 327 g/mol. The second kappa shape index (κ2) is 6.41. The number of carbonyl (C=O) groups excluding carboxylic acids is 1. The van der Waals surface area contributed by atoms with E-state index in [0.717, 1.165) is 0 Å². The molecule has 0 aliphatic carbocycles. The molecule has 0 unspecified atom stereocenters. The quantitative estimate of drug-likeness (QED) is 0.478. The monoisotopic (exact) mass is 327 g/mol. The van der Waals surface area contributed by atoms with Gasteiger partial charge in [-0.2, -0.15) is 0 Å². The summed E-state index contributed by atoms with van der Waals surface area (Å²) in [7, 11) is -3.17. The number of nitrogens with one attached hydrogen (secondary N) is 1. The number of ketones is 1. The molecule has 2 rings (SSSR count). The number of hydrogen-bond donors (Lipinski definition) is 1. The number of anilines is 1. The predicted octanol–water partition coefficient (Wildman–Crippen LogP) is 1.24. The zero-order valence-electron chi connectivity index (χ0n) is 12.1. The van der Waals surface area contributed by atoms with Gasteiger partial charge in [0.15, 0.2) is 5.78 Å². The van der Waals surface area contributed by atoms with Gasteiger partial charge in [0.05, 0.1) is 10.7 Å². The molecular weight excluding hydrogens is 310 g/mol. The van der Waals surface area contributed by atoms with Crippen molar-refractivity contribution in [2.45, 2.75) is 13.3 Å². The molecule has 0 amide bonds. The van der Waals surface area contributed by atoms with E-state index >= 15 is 0 Å². The molecule has 1 aromatic carbocycles. The lowest BCUT2D eigenvalue weighted by Gasteiger charge is -2.15. The number of Topliss-reactive ketones (excluding diaryl/α,β-unsaturated/α-hetero) is 1. The smallest absolute Gasteiger partial charge is 0.293 e. The van der Waals surface area contributed by atoms with Crippen molar-refractivity contribution < 1.29 is 18.1 Å². The summed E-state index contributed by atoms with van der Waals surface area (Å²) < 4.78 is 24.7. The minimum atomic E-state index is -3.17. The Labute approximate surface area is 128 Å². The molecular formula is C13H17N3O5S. The molecule has 1 saturated heterocycles. The highest BCUT2D eigenvalue weighted by atomic mass is 32.2. The third-order valence-corrected chi connectivity index (χ3v) is 5.44. The fourth-order valence-electron chi connectivity index (χ4n) is 2.31. The Balaban J connectivity index is 2.06. The fraction of sp³-hybridized carbons (Fsp3) is 0.462. The van der Waals surface area contributed by atoms with Crippen LogP contribution in [0.5, 0.6) is 0 Å². The van der Waals surface area contributed by atoms with Crippen molar-refractivity contribution in [3.8, 4) is 0 Å². The van der Waals surface area contributed by atoms with Crippen LogP contribution in [0.3, 0.4) is 0 Å². The van der Waals surface area contributed by atoms with E-state index < -0.39 is 14.9 Å². The van der Waals surface area contributed by atoms with Crippen LogP contribution in [0.4, 0.5) is 11.4 Å². The highest BCUT2D eigenvalue weighted by Gasteiger charge is 2.27. The van der Waals surface area contributed by atoms with Crippen LogP contribution in [0.2, 0.25) is 0 Å². The molecule has 1 aliphatic heterocycles. The van der Waals surface area contributed by atoms with Crippen LogP contribution >= 0.6 is 0 Å². The summed E-state index contributed by atoms with van der Waals surface area (Å²) in [6.45, 7) is 2.34. The van der Waals surface area contributed by atoms with Crippen molar-refractivity contribution in [3.05, 3.63) is 33.9 Å². The lowest BCUT2D eigenvalue weighted by Crippen LogP contribution is -2.30. The van der Waals surface area contributed by atoms with E-state index in [-0.39, 0.29) is 41.6 Å². The number of sulfonamides is 1. The van der Waals surface area contributed by atoms with Crippen molar-refractivity contribution in [2.75, 3.05) is 30.7 Å². The van der Waals surface area contributed by atoms with E-state index in [0.29, 0.717) is 13.0 Å². The zero-order valence-corrected chi connectivity index (χ0v) is 12.9. The Morgan fingerprint density at radius 1 is 1.45 bits per heavy atom. The van der Waals surface area contributed by atoms with Gasteiger partial charge in [0.25, 0.3) is 5.69 Å². The van der Waals surface area contributed by atoms with Crippen LogP contribution < -0.4 is 5.32 Å². The second-order valence-electron chi connectivity index (χ2n) is 5.04. The van der Waals surface area contributed by atoms with Crippen molar-refractivity contribution in [3.63, 3.8) is 0 Å². The Kier molecular flexibility index (Phi) is 4.77. The third-order valence-electron chi connectivity index (χ3n) is 3.48. The summed E-state index contributed by atoms with van der Waals surface area (Å²) in [5.74, 6) is -0.0988. The van der Waals surface area contributed by atoms with Gasteiger partial charge in [-0.25, -0.2) is 12.7 Å². The van der Waals surface area contributed by atoms with Crippen LogP contribution in [-0.2, 0) is 10.0 Å². The van der Waals surface area contributed by atoms with E-state index in [1.54, 1.807) is 0 Å². The summed E-state index contributed by atoms with van der Waals surface area (Å²) in [6, 6.07) is 4.19. The van der Waals surface area contributed by atoms with Crippen molar-refractivity contribution in [1.82, 2.24) is 4.31 Å². The topological polar surface area (TPSA) is 110 Å². The molecule has 0 spiro atoms. The van der Waals surface area contributed by atoms with Gasteiger partial charge in [0.2, 0.25) is 10.0 Å². The molecule has 0 saturated carbocycles. The minimum absolute atomic E-state index is 0.153. The lowest BCUT2D eigenvalue weighted by atomic mass is 10.1. The Bertz CT molecular complexity index is 702. The molecule has 1 heterocycles. The van der Waals surface area contributed by atoms with Crippen LogP contribution in [0, 0.1) is 10.1 Å². The Morgan fingerprint density at radius 3 is 2.73 bits per heavy atom. The largest absolute Gasteiger partial charge is 0.378 e. The summed E-state index contributed by atoms with van der Waals surface area (Å²) in [4.78, 5) is 21.8. The molecule has 1 N–H and O–H groups in total. The van der Waals surface area contributed by atoms with Crippen molar-refractivity contribution in [1.29, 1.82) is 0 Å². The van der Waals surface area contributed by atoms with Gasteiger partial charge in [-0.1, -0.05) is 0 Å². The number of nitro benzene ring substituents is 1. The van der Waals surface area contributed by atoms with Gasteiger partial charge in [0.1, 0.15) is 5.69 Å². The Hall–Kier alpha value is -2.00. The lowest BCUT2D eigenvalue weighted by molar-refractivity contribution is -0.384. The normalized spacial score (nSPS) is 17.3. The molecule has 120 valence electrons. The van der Waals surface area contributed by atoms with Gasteiger partial charge < -0.3 is 5.32 Å². The van der Waals surface area contributed by atoms with Crippen LogP contribution in [0.1, 0.15) is 23.7 Å². The average Bonchev–Trinajstić information content (AvgIpc) is 2.77. The summed E-state index contributed by atoms with van der Waals surface area (Å²) >= 11 is 0. The van der Waals surface area contributed by atoms with Crippen LogP contribution in [0.15, 0.2) is 18.2 Å². The van der Waals surface area contributed by atoms with E-state index in [2.05, 4.69) is 5.32 Å². The number of nitrogens with zero attached hydrogens (tertiary/aromatic N) is 2. The highest BCUT2D eigenvalue weighted by molar-refractivity contribution is 7.89. The van der Waals surface area contributed by atoms with E-state index in [1.165, 1.54) is 29.4 Å². The number of hydrogen-bond acceptors (Lipinski definition) is 6. The third kappa shape index (κ3) is 3.60. The molecule has 8 nitrogen and oxygen atoms in total. The standard InChI is InChI=1S/C13H17N3O5S/c1-10(17)11-3-4-12(13(9-11)16(18)19)14-5-7-15-6-2-8-22(15,20)21/h3-4,9,14H,2,5-8H2,1H3. The predicted molar refractivity (Wildman–Crippen MR) is 81.6 cm³/mol. The first-order valence-electron chi connectivity index (χ1n) is 6.82. The summed E-state index contributed by atoms with van der Waals surface area (Å²) in [6.07, 6.45) is 0.607. The van der Waals surface area contributed by atoms with E-state index in [1.807, 2.05) is 0 Å². The van der Waals surface area contributed by atoms with E-state index in [9.17, 15) is 23.3 Å². The van der Waals surface area contributed by atoms with Crippen LogP contribution in [-0.4, -0.2) is 48.8 Å². The maximum atomic E-state index is 11.7. The molecule has 1 aromatic rings. The minimum Gasteiger partial charge on any atom is -0.378 e. The molecule has 0 radical (unpaired) electrons.